The first-order chi connectivity index (χ1) is 18.8. The van der Waals surface area contributed by atoms with Gasteiger partial charge in [0.1, 0.15) is 10.0 Å². The van der Waals surface area contributed by atoms with Gasteiger partial charge in [-0.15, -0.1) is 11.3 Å². The van der Waals surface area contributed by atoms with Gasteiger partial charge in [-0.1, -0.05) is 12.1 Å². The minimum absolute atomic E-state index is 0.0686. The van der Waals surface area contributed by atoms with E-state index in [1.54, 1.807) is 0 Å². The number of sulfonamides is 1. The molecule has 14 heteroatoms. The zero-order valence-electron chi connectivity index (χ0n) is 22.0. The van der Waals surface area contributed by atoms with E-state index < -0.39 is 27.7 Å². The van der Waals surface area contributed by atoms with Crippen LogP contribution < -0.4 is 20.7 Å². The number of carbonyl (C=O) groups excluding carboxylic acids is 1. The van der Waals surface area contributed by atoms with Gasteiger partial charge in [0.25, 0.3) is 5.78 Å². The number of thiophene rings is 1. The second kappa shape index (κ2) is 12.1. The molecule has 0 atom stereocenters. The first kappa shape index (κ1) is 29.7. The lowest BCUT2D eigenvalue weighted by molar-refractivity contribution is -0.165. The maximum Gasteiger partial charge on any atom is 0.454 e. The molecule has 0 spiro atoms. The van der Waals surface area contributed by atoms with E-state index in [0.29, 0.717) is 29.7 Å². The lowest BCUT2D eigenvalue weighted by Gasteiger charge is -2.28. The third-order valence-electron chi connectivity index (χ3n) is 6.78. The number of benzene rings is 1. The molecular formula is C26H31F3N6O3S2. The SMILES string of the molecule is CN(C)c1nc(NCC2CCC(CNS(=O)(=O)c3ccc(C(N)=CC(=O)C(F)(F)F)s3)CC2)nc2ccccc12. The van der Waals surface area contributed by atoms with E-state index in [0.717, 1.165) is 42.4 Å². The molecule has 0 radical (unpaired) electrons. The summed E-state index contributed by atoms with van der Waals surface area (Å²) in [6.07, 6.45) is -1.25. The van der Waals surface area contributed by atoms with Crippen LogP contribution in [0.4, 0.5) is 24.9 Å². The van der Waals surface area contributed by atoms with Crippen molar-refractivity contribution in [3.05, 3.63) is 47.4 Å². The number of halogens is 3. The van der Waals surface area contributed by atoms with Crippen molar-refractivity contribution in [3.63, 3.8) is 0 Å². The van der Waals surface area contributed by atoms with Crippen LogP contribution in [0.3, 0.4) is 0 Å². The number of aromatic nitrogens is 2. The van der Waals surface area contributed by atoms with Gasteiger partial charge in [-0.3, -0.25) is 4.79 Å². The van der Waals surface area contributed by atoms with Crippen molar-refractivity contribution < 1.29 is 26.4 Å². The van der Waals surface area contributed by atoms with Crippen molar-refractivity contribution in [2.75, 3.05) is 37.4 Å². The van der Waals surface area contributed by atoms with Crippen LogP contribution >= 0.6 is 11.3 Å². The summed E-state index contributed by atoms with van der Waals surface area (Å²) < 4.78 is 65.4. The molecule has 4 N–H and O–H groups in total. The Morgan fingerprint density at radius 3 is 2.38 bits per heavy atom. The summed E-state index contributed by atoms with van der Waals surface area (Å²) >= 11 is 0.709. The van der Waals surface area contributed by atoms with Crippen LogP contribution in [-0.2, 0) is 14.8 Å². The lowest BCUT2D eigenvalue weighted by atomic mass is 9.82. The number of ketones is 1. The number of nitrogens with one attached hydrogen (secondary N) is 2. The highest BCUT2D eigenvalue weighted by Crippen LogP contribution is 2.31. The first-order valence-corrected chi connectivity index (χ1v) is 15.0. The number of hydrogen-bond acceptors (Lipinski definition) is 9. The minimum Gasteiger partial charge on any atom is -0.397 e. The Bertz CT molecular complexity index is 1500. The quantitative estimate of drug-likeness (QED) is 0.294. The Morgan fingerprint density at radius 1 is 1.07 bits per heavy atom. The van der Waals surface area contributed by atoms with Gasteiger partial charge in [-0.05, 0) is 61.8 Å². The first-order valence-electron chi connectivity index (χ1n) is 12.7. The third-order valence-corrected chi connectivity index (χ3v) is 9.83. The number of carbonyl (C=O) groups is 1. The predicted octanol–water partition coefficient (Wildman–Crippen LogP) is 4.39. The molecule has 0 unspecified atom stereocenters. The van der Waals surface area contributed by atoms with E-state index in [2.05, 4.69) is 20.0 Å². The fourth-order valence-corrected chi connectivity index (χ4v) is 6.96. The number of alkyl halides is 3. The molecule has 40 heavy (non-hydrogen) atoms. The zero-order chi connectivity index (χ0) is 29.1. The maximum absolute atomic E-state index is 12.7. The number of hydrogen-bond donors (Lipinski definition) is 3. The highest BCUT2D eigenvalue weighted by Gasteiger charge is 2.37. The van der Waals surface area contributed by atoms with Crippen LogP contribution in [0.25, 0.3) is 16.6 Å². The number of allylic oxidation sites excluding steroid dienone is 1. The molecule has 0 saturated heterocycles. The smallest absolute Gasteiger partial charge is 0.397 e. The van der Waals surface area contributed by atoms with Gasteiger partial charge in [0, 0.05) is 38.6 Å². The molecule has 1 aromatic carbocycles. The predicted molar refractivity (Wildman–Crippen MR) is 151 cm³/mol. The highest BCUT2D eigenvalue weighted by atomic mass is 32.2. The molecule has 4 rings (SSSR count). The van der Waals surface area contributed by atoms with E-state index >= 15 is 0 Å². The maximum atomic E-state index is 12.7. The average Bonchev–Trinajstić information content (AvgIpc) is 3.42. The van der Waals surface area contributed by atoms with E-state index in [1.807, 2.05) is 43.3 Å². The Morgan fingerprint density at radius 2 is 1.73 bits per heavy atom. The fraction of sp³-hybridized carbons (Fsp3) is 0.423. The van der Waals surface area contributed by atoms with Gasteiger partial charge in [0.05, 0.1) is 16.1 Å². The van der Waals surface area contributed by atoms with Gasteiger partial charge in [-0.25, -0.2) is 18.1 Å². The Labute approximate surface area is 234 Å². The number of rotatable bonds is 10. The van der Waals surface area contributed by atoms with Gasteiger partial charge in [-0.2, -0.15) is 18.2 Å². The van der Waals surface area contributed by atoms with Gasteiger partial charge < -0.3 is 16.0 Å². The zero-order valence-corrected chi connectivity index (χ0v) is 23.7. The number of fused-ring (bicyclic) bond motifs is 1. The summed E-state index contributed by atoms with van der Waals surface area (Å²) in [5.74, 6) is -0.118. The highest BCUT2D eigenvalue weighted by molar-refractivity contribution is 7.91. The summed E-state index contributed by atoms with van der Waals surface area (Å²) in [4.78, 5) is 22.5. The molecule has 1 fully saturated rings. The second-order valence-electron chi connectivity index (χ2n) is 9.98. The van der Waals surface area contributed by atoms with Crippen molar-refractivity contribution >= 4 is 55.5 Å². The fourth-order valence-electron chi connectivity index (χ4n) is 4.57. The van der Waals surface area contributed by atoms with Crippen LogP contribution in [0.1, 0.15) is 30.6 Å². The van der Waals surface area contributed by atoms with E-state index in [1.165, 1.54) is 12.1 Å². The number of nitrogens with zero attached hydrogens (tertiary/aromatic N) is 3. The van der Waals surface area contributed by atoms with Crippen molar-refractivity contribution in [2.24, 2.45) is 17.6 Å². The van der Waals surface area contributed by atoms with Crippen molar-refractivity contribution in [1.29, 1.82) is 0 Å². The molecule has 2 heterocycles. The monoisotopic (exact) mass is 596 g/mol. The van der Waals surface area contributed by atoms with Crippen LogP contribution in [0.2, 0.25) is 0 Å². The van der Waals surface area contributed by atoms with Crippen molar-refractivity contribution in [3.8, 4) is 0 Å². The number of nitrogens with two attached hydrogens (primary N) is 1. The van der Waals surface area contributed by atoms with Crippen LogP contribution in [0.15, 0.2) is 46.7 Å². The largest absolute Gasteiger partial charge is 0.454 e. The van der Waals surface area contributed by atoms with Gasteiger partial charge in [0.2, 0.25) is 16.0 Å². The molecule has 3 aromatic rings. The Hall–Kier alpha value is -3.23. The third kappa shape index (κ3) is 7.29. The van der Waals surface area contributed by atoms with E-state index in [9.17, 15) is 26.4 Å². The molecule has 9 nitrogen and oxygen atoms in total. The number of anilines is 2. The Kier molecular flexibility index (Phi) is 9.00. The van der Waals surface area contributed by atoms with Crippen molar-refractivity contribution in [2.45, 2.75) is 36.1 Å². The molecule has 1 saturated carbocycles. The van der Waals surface area contributed by atoms with Crippen LogP contribution in [-0.4, -0.2) is 57.5 Å². The van der Waals surface area contributed by atoms with Gasteiger partial charge in [0.15, 0.2) is 0 Å². The van der Waals surface area contributed by atoms with E-state index in [-0.39, 0.29) is 27.6 Å². The molecule has 0 aliphatic heterocycles. The molecule has 1 aliphatic rings. The lowest BCUT2D eigenvalue weighted by Crippen LogP contribution is -2.32. The summed E-state index contributed by atoms with van der Waals surface area (Å²) in [6, 6.07) is 10.4. The summed E-state index contributed by atoms with van der Waals surface area (Å²) in [7, 11) is 0.0140. The molecular weight excluding hydrogens is 565 g/mol. The van der Waals surface area contributed by atoms with Crippen LogP contribution in [0.5, 0.6) is 0 Å². The average molecular weight is 597 g/mol. The molecule has 0 bridgehead atoms. The second-order valence-corrected chi connectivity index (χ2v) is 13.1. The standard InChI is InChI=1S/C26H31F3N6O3S2/c1-35(2)24-18-5-3-4-6-20(18)33-25(34-24)31-14-16-7-9-17(10-8-16)15-32-40(37,38)23-12-11-21(39-23)19(30)13-22(36)26(27,28)29/h3-6,11-13,16-17,32H,7-10,14-15,30H2,1-2H3,(H,31,33,34). The summed E-state index contributed by atoms with van der Waals surface area (Å²) in [5, 5.41) is 4.35. The Balaban J connectivity index is 1.27. The number of para-hydroxylation sites is 1. The molecule has 2 aromatic heterocycles. The summed E-state index contributed by atoms with van der Waals surface area (Å²) in [5.41, 5.74) is 6.01. The molecule has 216 valence electrons. The minimum atomic E-state index is -5.05. The molecule has 0 amide bonds. The summed E-state index contributed by atoms with van der Waals surface area (Å²) in [6.45, 7) is 0.973. The van der Waals surface area contributed by atoms with Gasteiger partial charge >= 0.3 is 6.18 Å². The topological polar surface area (TPSA) is 130 Å². The molecule has 1 aliphatic carbocycles. The van der Waals surface area contributed by atoms with Crippen LogP contribution in [0, 0.1) is 11.8 Å². The van der Waals surface area contributed by atoms with E-state index in [4.69, 9.17) is 5.73 Å². The normalized spacial score (nSPS) is 18.6. The van der Waals surface area contributed by atoms with Crippen molar-refractivity contribution in [1.82, 2.24) is 14.7 Å².